The van der Waals surface area contributed by atoms with E-state index >= 15 is 4.39 Å². The molecule has 1 fully saturated rings. The molecule has 1 atom stereocenters. The van der Waals surface area contributed by atoms with Gasteiger partial charge in [-0.05, 0) is 50.1 Å². The Morgan fingerprint density at radius 2 is 1.92 bits per heavy atom. The van der Waals surface area contributed by atoms with Gasteiger partial charge in [-0.25, -0.2) is 14.0 Å². The molecule has 194 valence electrons. The quantitative estimate of drug-likeness (QED) is 0.571. The van der Waals surface area contributed by atoms with E-state index in [9.17, 15) is 19.5 Å². The highest BCUT2D eigenvalue weighted by Gasteiger charge is 2.32. The first-order valence-corrected chi connectivity index (χ1v) is 11.7. The number of benzene rings is 2. The number of aliphatic hydroxyl groups excluding tert-OH is 1. The SMILES string of the molecule is CC(=O)NC[C@H]1CN(c2ccc(-c3ccc(CN(CCO)C(=O)OC(C)(C)C)cc3)c(F)c2)C(=O)O1. The molecule has 3 amide bonds. The molecule has 9 nitrogen and oxygen atoms in total. The van der Waals surface area contributed by atoms with Crippen molar-refractivity contribution in [3.05, 3.63) is 53.8 Å². The lowest BCUT2D eigenvalue weighted by molar-refractivity contribution is -0.119. The predicted molar refractivity (Wildman–Crippen MR) is 132 cm³/mol. The molecule has 0 radical (unpaired) electrons. The molecule has 2 N–H and O–H groups in total. The van der Waals surface area contributed by atoms with E-state index in [1.54, 1.807) is 57.2 Å². The Kier molecular flexibility index (Phi) is 8.52. The minimum absolute atomic E-state index is 0.122. The van der Waals surface area contributed by atoms with Crippen LogP contribution < -0.4 is 10.2 Å². The maximum Gasteiger partial charge on any atom is 0.414 e. The van der Waals surface area contributed by atoms with Crippen molar-refractivity contribution in [1.82, 2.24) is 10.2 Å². The summed E-state index contributed by atoms with van der Waals surface area (Å²) >= 11 is 0. The van der Waals surface area contributed by atoms with E-state index < -0.39 is 29.7 Å². The summed E-state index contributed by atoms with van der Waals surface area (Å²) in [5.74, 6) is -0.731. The van der Waals surface area contributed by atoms with Gasteiger partial charge in [0.05, 0.1) is 25.4 Å². The average molecular weight is 502 g/mol. The molecule has 1 aliphatic heterocycles. The predicted octanol–water partition coefficient (Wildman–Crippen LogP) is 3.68. The van der Waals surface area contributed by atoms with Gasteiger partial charge in [0.2, 0.25) is 5.91 Å². The first kappa shape index (κ1) is 26.9. The fourth-order valence-electron chi connectivity index (χ4n) is 3.69. The smallest absolute Gasteiger partial charge is 0.414 e. The molecule has 0 aromatic heterocycles. The highest BCUT2D eigenvalue weighted by Crippen LogP contribution is 2.29. The third kappa shape index (κ3) is 7.17. The molecule has 0 aliphatic carbocycles. The number of carbonyl (C=O) groups excluding carboxylic acids is 3. The zero-order valence-electron chi connectivity index (χ0n) is 20.9. The number of rotatable bonds is 8. The van der Waals surface area contributed by atoms with Crippen molar-refractivity contribution in [3.8, 4) is 11.1 Å². The molecule has 0 bridgehead atoms. The fourth-order valence-corrected chi connectivity index (χ4v) is 3.69. The minimum atomic E-state index is -0.656. The zero-order chi connectivity index (χ0) is 26.5. The molecule has 0 unspecified atom stereocenters. The number of aliphatic hydroxyl groups is 1. The topological polar surface area (TPSA) is 108 Å². The molecule has 0 saturated carbocycles. The number of cyclic esters (lactones) is 1. The van der Waals surface area contributed by atoms with Gasteiger partial charge in [-0.3, -0.25) is 9.69 Å². The lowest BCUT2D eigenvalue weighted by Gasteiger charge is -2.27. The number of anilines is 1. The number of ether oxygens (including phenoxy) is 2. The van der Waals surface area contributed by atoms with E-state index in [1.807, 2.05) is 0 Å². The van der Waals surface area contributed by atoms with Gasteiger partial charge in [-0.1, -0.05) is 24.3 Å². The van der Waals surface area contributed by atoms with Crippen molar-refractivity contribution in [2.45, 2.75) is 45.9 Å². The monoisotopic (exact) mass is 501 g/mol. The summed E-state index contributed by atoms with van der Waals surface area (Å²) in [5, 5.41) is 11.9. The standard InChI is InChI=1S/C26H32FN3O6/c1-17(32)28-14-21-16-30(25(34)35-21)20-9-10-22(23(27)13-20)19-7-5-18(6-8-19)15-29(11-12-31)24(33)36-26(2,3)4/h5-10,13,21,31H,11-12,14-16H2,1-4H3,(H,28,32)/t21-/m0/s1. The van der Waals surface area contributed by atoms with Crippen LogP contribution in [0.1, 0.15) is 33.3 Å². The summed E-state index contributed by atoms with van der Waals surface area (Å²) in [6.07, 6.45) is -1.64. The summed E-state index contributed by atoms with van der Waals surface area (Å²) in [6, 6.07) is 11.5. The molecular weight excluding hydrogens is 469 g/mol. The summed E-state index contributed by atoms with van der Waals surface area (Å²) in [6.45, 7) is 7.23. The van der Waals surface area contributed by atoms with Gasteiger partial charge in [-0.2, -0.15) is 0 Å². The van der Waals surface area contributed by atoms with Crippen LogP contribution in [0.2, 0.25) is 0 Å². The van der Waals surface area contributed by atoms with Crippen LogP contribution in [0.5, 0.6) is 0 Å². The van der Waals surface area contributed by atoms with Crippen LogP contribution in [0, 0.1) is 5.82 Å². The van der Waals surface area contributed by atoms with Gasteiger partial charge in [0.1, 0.15) is 17.5 Å². The fraction of sp³-hybridized carbons (Fsp3) is 0.423. The molecule has 2 aromatic carbocycles. The van der Waals surface area contributed by atoms with Gasteiger partial charge >= 0.3 is 12.2 Å². The molecule has 10 heteroatoms. The first-order chi connectivity index (χ1) is 17.0. The normalized spacial score (nSPS) is 15.4. The molecule has 2 aromatic rings. The molecule has 36 heavy (non-hydrogen) atoms. The number of carbonyl (C=O) groups is 3. The van der Waals surface area contributed by atoms with Crippen LogP contribution in [-0.4, -0.2) is 66.0 Å². The number of halogens is 1. The number of amides is 3. The Balaban J connectivity index is 1.69. The summed E-state index contributed by atoms with van der Waals surface area (Å²) in [7, 11) is 0. The molecule has 1 saturated heterocycles. The number of hydrogen-bond acceptors (Lipinski definition) is 6. The van der Waals surface area contributed by atoms with Gasteiger partial charge in [0.15, 0.2) is 0 Å². The highest BCUT2D eigenvalue weighted by atomic mass is 19.1. The van der Waals surface area contributed by atoms with E-state index in [0.717, 1.165) is 5.56 Å². The van der Waals surface area contributed by atoms with Gasteiger partial charge in [-0.15, -0.1) is 0 Å². The van der Waals surface area contributed by atoms with Crippen LogP contribution in [0.3, 0.4) is 0 Å². The average Bonchev–Trinajstić information content (AvgIpc) is 3.17. The number of nitrogens with zero attached hydrogens (tertiary/aromatic N) is 2. The first-order valence-electron chi connectivity index (χ1n) is 11.7. The molecule has 1 aliphatic rings. The third-order valence-electron chi connectivity index (χ3n) is 5.38. The minimum Gasteiger partial charge on any atom is -0.444 e. The van der Waals surface area contributed by atoms with Crippen molar-refractivity contribution in [2.75, 3.05) is 31.1 Å². The van der Waals surface area contributed by atoms with Gasteiger partial charge < -0.3 is 24.8 Å². The maximum absolute atomic E-state index is 15.0. The summed E-state index contributed by atoms with van der Waals surface area (Å²) in [4.78, 5) is 38.5. The van der Waals surface area contributed by atoms with Crippen molar-refractivity contribution in [1.29, 1.82) is 0 Å². The van der Waals surface area contributed by atoms with Crippen molar-refractivity contribution in [3.63, 3.8) is 0 Å². The van der Waals surface area contributed by atoms with Crippen LogP contribution in [0.25, 0.3) is 11.1 Å². The zero-order valence-corrected chi connectivity index (χ0v) is 20.9. The summed E-state index contributed by atoms with van der Waals surface area (Å²) in [5.41, 5.74) is 1.48. The van der Waals surface area contributed by atoms with Crippen LogP contribution >= 0.6 is 0 Å². The largest absolute Gasteiger partial charge is 0.444 e. The van der Waals surface area contributed by atoms with E-state index in [0.29, 0.717) is 16.8 Å². The van der Waals surface area contributed by atoms with Crippen LogP contribution in [-0.2, 0) is 20.8 Å². The van der Waals surface area contributed by atoms with Crippen molar-refractivity contribution in [2.24, 2.45) is 0 Å². The Morgan fingerprint density at radius 1 is 1.22 bits per heavy atom. The highest BCUT2D eigenvalue weighted by molar-refractivity contribution is 5.90. The van der Waals surface area contributed by atoms with Gasteiger partial charge in [0, 0.05) is 25.6 Å². The molecular formula is C26H32FN3O6. The number of nitrogens with one attached hydrogen (secondary N) is 1. The lowest BCUT2D eigenvalue weighted by Crippen LogP contribution is -2.38. The van der Waals surface area contributed by atoms with E-state index in [-0.39, 0.29) is 38.7 Å². The third-order valence-corrected chi connectivity index (χ3v) is 5.38. The lowest BCUT2D eigenvalue weighted by atomic mass is 10.0. The molecule has 3 rings (SSSR count). The Bertz CT molecular complexity index is 1100. The molecule has 1 heterocycles. The second-order valence-corrected chi connectivity index (χ2v) is 9.54. The Labute approximate surface area is 209 Å². The Morgan fingerprint density at radius 3 is 2.50 bits per heavy atom. The number of hydrogen-bond donors (Lipinski definition) is 2. The van der Waals surface area contributed by atoms with E-state index in [2.05, 4.69) is 5.32 Å². The van der Waals surface area contributed by atoms with Crippen molar-refractivity contribution < 1.29 is 33.4 Å². The van der Waals surface area contributed by atoms with Crippen molar-refractivity contribution >= 4 is 23.8 Å². The van der Waals surface area contributed by atoms with Crippen LogP contribution in [0.15, 0.2) is 42.5 Å². The van der Waals surface area contributed by atoms with Crippen LogP contribution in [0.4, 0.5) is 19.7 Å². The second kappa shape index (κ2) is 11.4. The summed E-state index contributed by atoms with van der Waals surface area (Å²) < 4.78 is 25.6. The maximum atomic E-state index is 15.0. The van der Waals surface area contributed by atoms with E-state index in [4.69, 9.17) is 9.47 Å². The Hall–Kier alpha value is -3.66. The molecule has 0 spiro atoms. The van der Waals surface area contributed by atoms with E-state index in [1.165, 1.54) is 22.8 Å². The van der Waals surface area contributed by atoms with Gasteiger partial charge in [0.25, 0.3) is 0 Å². The second-order valence-electron chi connectivity index (χ2n) is 9.54.